The summed E-state index contributed by atoms with van der Waals surface area (Å²) in [5.74, 6) is -0.603. The Hall–Kier alpha value is -1.47. The lowest BCUT2D eigenvalue weighted by Gasteiger charge is -2.27. The maximum absolute atomic E-state index is 12.5. The fraction of sp³-hybridized carbons (Fsp3) is 0.857. The Morgan fingerprint density at radius 2 is 0.764 bits per heavy atom. The van der Waals surface area contributed by atoms with Crippen molar-refractivity contribution < 1.29 is 25.2 Å². The van der Waals surface area contributed by atoms with Crippen molar-refractivity contribution >= 4 is 5.91 Å². The van der Waals surface area contributed by atoms with E-state index in [0.29, 0.717) is 19.3 Å². The van der Waals surface area contributed by atoms with Gasteiger partial charge in [0.2, 0.25) is 5.91 Å². The third-order valence-corrected chi connectivity index (χ3v) is 11.1. The number of carbonyl (C=O) groups is 1. The van der Waals surface area contributed by atoms with E-state index in [9.17, 15) is 25.2 Å². The van der Waals surface area contributed by atoms with E-state index < -0.39 is 36.9 Å². The highest BCUT2D eigenvalue weighted by Crippen LogP contribution is 2.16. The first-order valence-electron chi connectivity index (χ1n) is 23.9. The molecular weight excluding hydrogens is 683 g/mol. The van der Waals surface area contributed by atoms with Gasteiger partial charge in [-0.25, -0.2) is 0 Å². The van der Waals surface area contributed by atoms with Crippen LogP contribution in [0.4, 0.5) is 0 Å². The van der Waals surface area contributed by atoms with Gasteiger partial charge in [0.15, 0.2) is 0 Å². The van der Waals surface area contributed by atoms with E-state index in [1.807, 2.05) is 0 Å². The zero-order valence-corrected chi connectivity index (χ0v) is 36.4. The molecule has 55 heavy (non-hydrogen) atoms. The molecule has 0 aliphatic rings. The van der Waals surface area contributed by atoms with Gasteiger partial charge in [0.05, 0.1) is 18.8 Å². The maximum atomic E-state index is 12.5. The first kappa shape index (κ1) is 53.5. The fourth-order valence-corrected chi connectivity index (χ4v) is 7.24. The molecule has 0 aromatic rings. The van der Waals surface area contributed by atoms with Gasteiger partial charge in [-0.3, -0.25) is 4.79 Å². The highest BCUT2D eigenvalue weighted by molar-refractivity contribution is 5.80. The summed E-state index contributed by atoms with van der Waals surface area (Å²) in [6.45, 7) is 4.02. The van der Waals surface area contributed by atoms with Crippen LogP contribution in [0.15, 0.2) is 36.5 Å². The predicted octanol–water partition coefficient (Wildman–Crippen LogP) is 12.9. The van der Waals surface area contributed by atoms with Crippen LogP contribution in [0.25, 0.3) is 0 Å². The molecule has 6 nitrogen and oxygen atoms in total. The Morgan fingerprint density at radius 1 is 0.436 bits per heavy atom. The lowest BCUT2D eigenvalue weighted by atomic mass is 10.00. The molecule has 0 fully saturated rings. The third kappa shape index (κ3) is 37.8. The summed E-state index contributed by atoms with van der Waals surface area (Å²) in [5.41, 5.74) is 0. The van der Waals surface area contributed by atoms with E-state index in [-0.39, 0.29) is 0 Å². The second kappa shape index (κ2) is 43.6. The molecule has 4 atom stereocenters. The number of carbonyl (C=O) groups excluding carboxylic acids is 1. The van der Waals surface area contributed by atoms with Gasteiger partial charge < -0.3 is 25.7 Å². The number of amides is 1. The smallest absolute Gasteiger partial charge is 0.249 e. The zero-order chi connectivity index (χ0) is 40.3. The topological polar surface area (TPSA) is 110 Å². The molecule has 0 aromatic carbocycles. The number of rotatable bonds is 43. The Bertz CT molecular complexity index is 873. The Balaban J connectivity index is 3.75. The minimum absolute atomic E-state index is 0.352. The number of nitrogens with one attached hydrogen (secondary N) is 1. The van der Waals surface area contributed by atoms with Crippen LogP contribution in [0.1, 0.15) is 239 Å². The molecule has 324 valence electrons. The van der Waals surface area contributed by atoms with Crippen LogP contribution in [0, 0.1) is 0 Å². The van der Waals surface area contributed by atoms with Crippen molar-refractivity contribution in [3.63, 3.8) is 0 Å². The van der Waals surface area contributed by atoms with Crippen LogP contribution in [-0.2, 0) is 4.79 Å². The van der Waals surface area contributed by atoms with E-state index in [0.717, 1.165) is 51.4 Å². The van der Waals surface area contributed by atoms with Gasteiger partial charge in [-0.05, 0) is 77.0 Å². The predicted molar refractivity (Wildman–Crippen MR) is 237 cm³/mol. The van der Waals surface area contributed by atoms with Gasteiger partial charge in [0.25, 0.3) is 0 Å². The van der Waals surface area contributed by atoms with E-state index in [1.165, 1.54) is 154 Å². The van der Waals surface area contributed by atoms with Crippen molar-refractivity contribution in [2.75, 3.05) is 6.61 Å². The van der Waals surface area contributed by atoms with Crippen LogP contribution >= 0.6 is 0 Å². The van der Waals surface area contributed by atoms with Crippen LogP contribution in [-0.4, -0.2) is 57.3 Å². The summed E-state index contributed by atoms with van der Waals surface area (Å²) in [6.07, 6.45) is 51.9. The molecule has 1 amide bonds. The number of hydrogen-bond donors (Lipinski definition) is 5. The molecular formula is C49H93NO5. The highest BCUT2D eigenvalue weighted by Gasteiger charge is 2.28. The minimum atomic E-state index is -1.29. The van der Waals surface area contributed by atoms with Crippen LogP contribution in [0.2, 0.25) is 0 Å². The van der Waals surface area contributed by atoms with Gasteiger partial charge in [-0.1, -0.05) is 198 Å². The lowest BCUT2D eigenvalue weighted by Crippen LogP contribution is -2.53. The number of hydrogen-bond acceptors (Lipinski definition) is 5. The van der Waals surface area contributed by atoms with E-state index in [4.69, 9.17) is 0 Å². The van der Waals surface area contributed by atoms with Gasteiger partial charge in [0.1, 0.15) is 12.2 Å². The summed E-state index contributed by atoms with van der Waals surface area (Å²) in [5, 5.41) is 43.7. The van der Waals surface area contributed by atoms with Crippen molar-refractivity contribution in [1.29, 1.82) is 0 Å². The van der Waals surface area contributed by atoms with Gasteiger partial charge in [0, 0.05) is 0 Å². The molecule has 0 aromatic heterocycles. The average Bonchev–Trinajstić information content (AvgIpc) is 3.19. The monoisotopic (exact) mass is 776 g/mol. The van der Waals surface area contributed by atoms with Crippen molar-refractivity contribution in [2.24, 2.45) is 0 Å². The Morgan fingerprint density at radius 3 is 1.16 bits per heavy atom. The van der Waals surface area contributed by atoms with Crippen molar-refractivity contribution in [2.45, 2.75) is 263 Å². The fourth-order valence-electron chi connectivity index (χ4n) is 7.24. The number of allylic oxidation sites excluding steroid dienone is 6. The number of unbranched alkanes of at least 4 members (excludes halogenated alkanes) is 28. The van der Waals surface area contributed by atoms with E-state index >= 15 is 0 Å². The molecule has 0 bridgehead atoms. The Kier molecular flexibility index (Phi) is 42.5. The van der Waals surface area contributed by atoms with E-state index in [2.05, 4.69) is 55.6 Å². The first-order valence-corrected chi connectivity index (χ1v) is 23.9. The van der Waals surface area contributed by atoms with Gasteiger partial charge in [-0.15, -0.1) is 0 Å². The molecule has 0 radical (unpaired) electrons. The average molecular weight is 776 g/mol. The molecule has 0 aliphatic heterocycles. The number of aliphatic hydroxyl groups excluding tert-OH is 4. The van der Waals surface area contributed by atoms with Crippen molar-refractivity contribution in [1.82, 2.24) is 5.32 Å². The molecule has 4 unspecified atom stereocenters. The molecule has 0 saturated carbocycles. The van der Waals surface area contributed by atoms with Crippen molar-refractivity contribution in [3.8, 4) is 0 Å². The van der Waals surface area contributed by atoms with Crippen molar-refractivity contribution in [3.05, 3.63) is 36.5 Å². The molecule has 0 rings (SSSR count). The highest BCUT2D eigenvalue weighted by atomic mass is 16.3. The summed E-state index contributed by atoms with van der Waals surface area (Å²) in [4.78, 5) is 12.5. The number of aliphatic hydroxyl groups is 4. The van der Waals surface area contributed by atoms with Gasteiger partial charge >= 0.3 is 0 Å². The SMILES string of the molecule is CCCCCC/C=C\CCCCCCCCC(O)C(=O)NC(CO)C(O)C(O)CCC/C=C/CC/C=C/CCCCCCCCCCCCCCCCCC. The van der Waals surface area contributed by atoms with Crippen LogP contribution in [0.5, 0.6) is 0 Å². The molecule has 0 saturated heterocycles. The first-order chi connectivity index (χ1) is 27.0. The molecule has 6 heteroatoms. The van der Waals surface area contributed by atoms with E-state index in [1.54, 1.807) is 0 Å². The van der Waals surface area contributed by atoms with Gasteiger partial charge in [-0.2, -0.15) is 0 Å². The molecule has 5 N–H and O–H groups in total. The quantitative estimate of drug-likeness (QED) is 0.0313. The summed E-state index contributed by atoms with van der Waals surface area (Å²) in [7, 11) is 0. The second-order valence-electron chi connectivity index (χ2n) is 16.4. The summed E-state index contributed by atoms with van der Waals surface area (Å²) < 4.78 is 0. The molecule has 0 spiro atoms. The van der Waals surface area contributed by atoms with Crippen LogP contribution < -0.4 is 5.32 Å². The largest absolute Gasteiger partial charge is 0.394 e. The lowest BCUT2D eigenvalue weighted by molar-refractivity contribution is -0.132. The van der Waals surface area contributed by atoms with Crippen LogP contribution in [0.3, 0.4) is 0 Å². The maximum Gasteiger partial charge on any atom is 0.249 e. The molecule has 0 aliphatic carbocycles. The zero-order valence-electron chi connectivity index (χ0n) is 36.4. The Labute approximate surface area is 341 Å². The second-order valence-corrected chi connectivity index (χ2v) is 16.4. The minimum Gasteiger partial charge on any atom is -0.394 e. The summed E-state index contributed by atoms with van der Waals surface area (Å²) >= 11 is 0. The standard InChI is InChI=1S/C49H93NO5/c1-3-5-7-9-11-13-15-17-19-20-21-22-23-24-25-26-27-28-29-31-32-34-36-38-40-42-46(52)48(54)45(44-51)50-49(55)47(53)43-41-39-37-35-33-30-18-16-14-12-10-8-6-4-2/h14,16,28-29,34,36,45-48,51-54H,3-13,15,17-27,30-33,35,37-44H2,1-2H3,(H,50,55)/b16-14-,29-28+,36-34+. The normalized spacial score (nSPS) is 14.4. The molecule has 0 heterocycles. The third-order valence-electron chi connectivity index (χ3n) is 11.1. The summed E-state index contributed by atoms with van der Waals surface area (Å²) in [6, 6.07) is -1.01.